The van der Waals surface area contributed by atoms with Crippen molar-refractivity contribution in [3.8, 4) is 0 Å². The minimum absolute atomic E-state index is 0.443. The molecule has 0 radical (unpaired) electrons. The predicted molar refractivity (Wildman–Crippen MR) is 34.3 cm³/mol. The third-order valence-corrected chi connectivity index (χ3v) is 1.64. The Bertz CT molecular complexity index is 244. The number of nitrogens with two attached hydrogens (primary N) is 1. The van der Waals surface area contributed by atoms with Crippen molar-refractivity contribution in [1.82, 2.24) is 5.16 Å². The third-order valence-electron chi connectivity index (χ3n) is 1.64. The van der Waals surface area contributed by atoms with E-state index in [0.29, 0.717) is 12.5 Å². The van der Waals surface area contributed by atoms with Gasteiger partial charge in [0.25, 0.3) is 0 Å². The molecular weight excluding hydrogens is 132 g/mol. The first-order chi connectivity index (χ1) is 4.88. The number of aromatic nitrogens is 1. The molecule has 1 aromatic rings. The van der Waals surface area contributed by atoms with Crippen molar-refractivity contribution in [2.75, 3.05) is 12.3 Å². The van der Waals surface area contributed by atoms with Crippen molar-refractivity contribution >= 4 is 5.88 Å². The summed E-state index contributed by atoms with van der Waals surface area (Å²) in [6, 6.07) is 0. The highest BCUT2D eigenvalue weighted by Gasteiger charge is 2.16. The van der Waals surface area contributed by atoms with Gasteiger partial charge in [-0.1, -0.05) is 5.16 Å². The molecule has 0 saturated carbocycles. The lowest BCUT2D eigenvalue weighted by molar-refractivity contribution is 0.107. The van der Waals surface area contributed by atoms with E-state index in [0.717, 1.165) is 24.3 Å². The molecule has 0 aromatic carbocycles. The smallest absolute Gasteiger partial charge is 0.225 e. The maximum atomic E-state index is 5.48. The lowest BCUT2D eigenvalue weighted by Gasteiger charge is -2.08. The number of fused-ring (bicyclic) bond motifs is 1. The van der Waals surface area contributed by atoms with E-state index in [1.165, 1.54) is 0 Å². The van der Waals surface area contributed by atoms with Gasteiger partial charge in [-0.25, -0.2) is 0 Å². The van der Waals surface area contributed by atoms with Crippen LogP contribution in [0.25, 0.3) is 0 Å². The number of rotatable bonds is 0. The average molecular weight is 140 g/mol. The van der Waals surface area contributed by atoms with Crippen molar-refractivity contribution in [1.29, 1.82) is 0 Å². The molecule has 0 bridgehead atoms. The van der Waals surface area contributed by atoms with Crippen LogP contribution in [0.3, 0.4) is 0 Å². The summed E-state index contributed by atoms with van der Waals surface area (Å²) in [5.41, 5.74) is 7.35. The fraction of sp³-hybridized carbons (Fsp3) is 0.500. The van der Waals surface area contributed by atoms with Gasteiger partial charge in [0, 0.05) is 12.0 Å². The van der Waals surface area contributed by atoms with Crippen LogP contribution in [-0.2, 0) is 17.8 Å². The van der Waals surface area contributed by atoms with Gasteiger partial charge in [-0.2, -0.15) is 0 Å². The second-order valence-electron chi connectivity index (χ2n) is 2.27. The van der Waals surface area contributed by atoms with E-state index < -0.39 is 0 Å². The van der Waals surface area contributed by atoms with Crippen LogP contribution in [0.1, 0.15) is 11.3 Å². The predicted octanol–water partition coefficient (Wildman–Crippen LogP) is 0.329. The van der Waals surface area contributed by atoms with Gasteiger partial charge in [0.1, 0.15) is 5.69 Å². The Morgan fingerprint density at radius 1 is 1.50 bits per heavy atom. The summed E-state index contributed by atoms with van der Waals surface area (Å²) in [6.07, 6.45) is 0.824. The summed E-state index contributed by atoms with van der Waals surface area (Å²) >= 11 is 0. The van der Waals surface area contributed by atoms with Crippen molar-refractivity contribution in [2.24, 2.45) is 0 Å². The van der Waals surface area contributed by atoms with Gasteiger partial charge in [0.15, 0.2) is 0 Å². The van der Waals surface area contributed by atoms with Crippen LogP contribution in [-0.4, -0.2) is 11.8 Å². The second kappa shape index (κ2) is 1.98. The topological polar surface area (TPSA) is 61.3 Å². The zero-order valence-corrected chi connectivity index (χ0v) is 5.46. The summed E-state index contributed by atoms with van der Waals surface area (Å²) in [4.78, 5) is 0. The number of hydrogen-bond acceptors (Lipinski definition) is 4. The summed E-state index contributed by atoms with van der Waals surface area (Å²) in [5.74, 6) is 0.443. The highest BCUT2D eigenvalue weighted by Crippen LogP contribution is 2.20. The van der Waals surface area contributed by atoms with Gasteiger partial charge in [-0.05, 0) is 0 Å². The fourth-order valence-corrected chi connectivity index (χ4v) is 1.08. The first-order valence-corrected chi connectivity index (χ1v) is 3.18. The molecule has 1 aromatic heterocycles. The number of anilines is 1. The Hall–Kier alpha value is -1.03. The van der Waals surface area contributed by atoms with Gasteiger partial charge >= 0.3 is 0 Å². The molecule has 1 aliphatic heterocycles. The Morgan fingerprint density at radius 2 is 2.40 bits per heavy atom. The number of hydrogen-bond donors (Lipinski definition) is 1. The van der Waals surface area contributed by atoms with E-state index >= 15 is 0 Å². The summed E-state index contributed by atoms with van der Waals surface area (Å²) < 4.78 is 9.90. The first kappa shape index (κ1) is 5.73. The van der Waals surface area contributed by atoms with Crippen LogP contribution < -0.4 is 5.73 Å². The molecule has 4 nitrogen and oxygen atoms in total. The average Bonchev–Trinajstić information content (AvgIpc) is 2.34. The summed E-state index contributed by atoms with van der Waals surface area (Å²) in [7, 11) is 0. The van der Waals surface area contributed by atoms with Crippen LogP contribution in [0.4, 0.5) is 5.88 Å². The first-order valence-electron chi connectivity index (χ1n) is 3.18. The van der Waals surface area contributed by atoms with E-state index in [2.05, 4.69) is 5.16 Å². The monoisotopic (exact) mass is 140 g/mol. The minimum atomic E-state index is 0.443. The van der Waals surface area contributed by atoms with Crippen molar-refractivity contribution in [3.05, 3.63) is 11.3 Å². The molecule has 10 heavy (non-hydrogen) atoms. The molecule has 1 aliphatic rings. The number of ether oxygens (including phenoxy) is 1. The Balaban J connectivity index is 2.45. The Morgan fingerprint density at radius 3 is 3.20 bits per heavy atom. The number of nitrogens with zero attached hydrogens (tertiary/aromatic N) is 1. The summed E-state index contributed by atoms with van der Waals surface area (Å²) in [5, 5.41) is 3.73. The maximum Gasteiger partial charge on any atom is 0.225 e. The van der Waals surface area contributed by atoms with Gasteiger partial charge in [-0.3, -0.25) is 0 Å². The van der Waals surface area contributed by atoms with Crippen molar-refractivity contribution in [3.63, 3.8) is 0 Å². The Labute approximate surface area is 57.9 Å². The third kappa shape index (κ3) is 0.690. The highest BCUT2D eigenvalue weighted by atomic mass is 16.5. The largest absolute Gasteiger partial charge is 0.375 e. The molecule has 54 valence electrons. The van der Waals surface area contributed by atoms with Crippen molar-refractivity contribution in [2.45, 2.75) is 13.0 Å². The normalized spacial score (nSPS) is 16.8. The quantitative estimate of drug-likeness (QED) is 0.564. The number of nitrogen functional groups attached to an aromatic ring is 1. The van der Waals surface area contributed by atoms with Gasteiger partial charge in [0.2, 0.25) is 5.88 Å². The molecule has 0 atom stereocenters. The molecular formula is C6H8N2O2. The molecule has 0 aliphatic carbocycles. The van der Waals surface area contributed by atoms with E-state index in [9.17, 15) is 0 Å². The van der Waals surface area contributed by atoms with Crippen LogP contribution in [0.2, 0.25) is 0 Å². The van der Waals surface area contributed by atoms with Crippen molar-refractivity contribution < 1.29 is 9.26 Å². The summed E-state index contributed by atoms with van der Waals surface area (Å²) in [6.45, 7) is 1.26. The van der Waals surface area contributed by atoms with E-state index in [-0.39, 0.29) is 0 Å². The zero-order chi connectivity index (χ0) is 6.97. The lowest BCUT2D eigenvalue weighted by atomic mass is 10.1. The Kier molecular flexibility index (Phi) is 1.14. The fourth-order valence-electron chi connectivity index (χ4n) is 1.08. The van der Waals surface area contributed by atoms with Crippen LogP contribution in [0.15, 0.2) is 4.52 Å². The lowest BCUT2D eigenvalue weighted by Crippen LogP contribution is -2.09. The van der Waals surface area contributed by atoms with Gasteiger partial charge < -0.3 is 15.0 Å². The van der Waals surface area contributed by atoms with E-state index in [4.69, 9.17) is 15.0 Å². The molecule has 0 fully saturated rings. The van der Waals surface area contributed by atoms with Crippen LogP contribution >= 0.6 is 0 Å². The zero-order valence-electron chi connectivity index (χ0n) is 5.46. The van der Waals surface area contributed by atoms with Gasteiger partial charge in [-0.15, -0.1) is 0 Å². The molecule has 4 heteroatoms. The second-order valence-corrected chi connectivity index (χ2v) is 2.27. The minimum Gasteiger partial charge on any atom is -0.375 e. The molecule has 0 saturated heterocycles. The molecule has 0 unspecified atom stereocenters. The molecule has 2 heterocycles. The van der Waals surface area contributed by atoms with Crippen LogP contribution in [0, 0.1) is 0 Å². The molecule has 2 rings (SSSR count). The van der Waals surface area contributed by atoms with Gasteiger partial charge in [0.05, 0.1) is 13.2 Å². The van der Waals surface area contributed by atoms with Crippen LogP contribution in [0.5, 0.6) is 0 Å². The highest BCUT2D eigenvalue weighted by molar-refractivity contribution is 5.39. The standard InChI is InChI=1S/C6H8N2O2/c7-6-4-1-2-9-3-5(4)8-10-6/h1-3,7H2. The van der Waals surface area contributed by atoms with E-state index in [1.807, 2.05) is 0 Å². The molecule has 0 amide bonds. The molecule has 0 spiro atoms. The molecule has 2 N–H and O–H groups in total. The maximum absolute atomic E-state index is 5.48. The van der Waals surface area contributed by atoms with E-state index in [1.54, 1.807) is 0 Å². The SMILES string of the molecule is Nc1onc2c1CCOC2.